The summed E-state index contributed by atoms with van der Waals surface area (Å²) in [5, 5.41) is 4.84. The number of furan rings is 1. The first kappa shape index (κ1) is 13.2. The zero-order valence-electron chi connectivity index (χ0n) is 11.8. The maximum absolute atomic E-state index is 6.03. The second kappa shape index (κ2) is 5.57. The van der Waals surface area contributed by atoms with E-state index < -0.39 is 0 Å². The molecule has 2 rings (SSSR count). The lowest BCUT2D eigenvalue weighted by Crippen LogP contribution is -2.28. The van der Waals surface area contributed by atoms with Gasteiger partial charge in [-0.2, -0.15) is 0 Å². The van der Waals surface area contributed by atoms with Crippen molar-refractivity contribution in [3.8, 4) is 0 Å². The van der Waals surface area contributed by atoms with E-state index in [0.29, 0.717) is 6.04 Å². The maximum Gasteiger partial charge on any atom is 0.134 e. The van der Waals surface area contributed by atoms with Gasteiger partial charge in [0.05, 0.1) is 6.04 Å². The third-order valence-electron chi connectivity index (χ3n) is 3.62. The molecule has 2 unspecified atom stereocenters. The molecule has 0 bridgehead atoms. The summed E-state index contributed by atoms with van der Waals surface area (Å²) in [7, 11) is 0. The Balaban J connectivity index is 2.37. The molecule has 0 saturated carbocycles. The molecule has 0 radical (unpaired) electrons. The van der Waals surface area contributed by atoms with Gasteiger partial charge in [0.25, 0.3) is 0 Å². The molecule has 2 atom stereocenters. The SMILES string of the molecule is CCc1c(C(C)NC(C)CC)oc2ccccc12. The molecule has 98 valence electrons. The van der Waals surface area contributed by atoms with E-state index >= 15 is 0 Å². The number of fused-ring (bicyclic) bond motifs is 1. The number of benzene rings is 1. The van der Waals surface area contributed by atoms with Crippen LogP contribution < -0.4 is 5.32 Å². The summed E-state index contributed by atoms with van der Waals surface area (Å²) < 4.78 is 6.03. The Labute approximate surface area is 109 Å². The minimum Gasteiger partial charge on any atom is -0.459 e. The van der Waals surface area contributed by atoms with Crippen LogP contribution in [0.25, 0.3) is 11.0 Å². The zero-order valence-corrected chi connectivity index (χ0v) is 11.8. The van der Waals surface area contributed by atoms with Crippen LogP contribution in [0.1, 0.15) is 51.5 Å². The molecule has 2 aromatic rings. The monoisotopic (exact) mass is 245 g/mol. The molecular formula is C16H23NO. The van der Waals surface area contributed by atoms with Gasteiger partial charge in [-0.25, -0.2) is 0 Å². The summed E-state index contributed by atoms with van der Waals surface area (Å²) in [6, 6.07) is 9.08. The van der Waals surface area contributed by atoms with E-state index in [4.69, 9.17) is 4.42 Å². The Hall–Kier alpha value is -1.28. The highest BCUT2D eigenvalue weighted by Crippen LogP contribution is 2.30. The summed E-state index contributed by atoms with van der Waals surface area (Å²) in [6.45, 7) is 8.79. The fourth-order valence-corrected chi connectivity index (χ4v) is 2.45. The predicted molar refractivity (Wildman–Crippen MR) is 76.9 cm³/mol. The molecule has 0 amide bonds. The van der Waals surface area contributed by atoms with Crippen molar-refractivity contribution in [2.45, 2.75) is 52.6 Å². The van der Waals surface area contributed by atoms with Gasteiger partial charge < -0.3 is 9.73 Å². The van der Waals surface area contributed by atoms with E-state index in [1.807, 2.05) is 12.1 Å². The van der Waals surface area contributed by atoms with Crippen LogP contribution in [0, 0.1) is 0 Å². The van der Waals surface area contributed by atoms with E-state index in [1.54, 1.807) is 0 Å². The van der Waals surface area contributed by atoms with Gasteiger partial charge in [-0.1, -0.05) is 32.0 Å². The molecule has 18 heavy (non-hydrogen) atoms. The van der Waals surface area contributed by atoms with Crippen LogP contribution in [0.15, 0.2) is 28.7 Å². The Morgan fingerprint density at radius 3 is 2.56 bits per heavy atom. The standard InChI is InChI=1S/C16H23NO/c1-5-11(3)17-12(4)16-13(6-2)14-9-7-8-10-15(14)18-16/h7-12,17H,5-6H2,1-4H3. The first-order valence-corrected chi connectivity index (χ1v) is 6.93. The molecule has 1 aromatic heterocycles. The lowest BCUT2D eigenvalue weighted by Gasteiger charge is -2.18. The number of hydrogen-bond donors (Lipinski definition) is 1. The number of aryl methyl sites for hydroxylation is 1. The van der Waals surface area contributed by atoms with E-state index in [-0.39, 0.29) is 6.04 Å². The molecule has 0 spiro atoms. The normalized spacial score (nSPS) is 14.9. The van der Waals surface area contributed by atoms with Crippen molar-refractivity contribution in [3.63, 3.8) is 0 Å². The highest BCUT2D eigenvalue weighted by molar-refractivity contribution is 5.82. The Kier molecular flexibility index (Phi) is 4.07. The van der Waals surface area contributed by atoms with Crippen molar-refractivity contribution < 1.29 is 4.42 Å². The molecule has 1 aromatic carbocycles. The smallest absolute Gasteiger partial charge is 0.134 e. The van der Waals surface area contributed by atoms with Gasteiger partial charge in [0.15, 0.2) is 0 Å². The second-order valence-electron chi connectivity index (χ2n) is 4.99. The number of hydrogen-bond acceptors (Lipinski definition) is 2. The quantitative estimate of drug-likeness (QED) is 0.842. The summed E-state index contributed by atoms with van der Waals surface area (Å²) >= 11 is 0. The van der Waals surface area contributed by atoms with Crippen LogP contribution in [-0.2, 0) is 6.42 Å². The molecule has 0 aliphatic rings. The van der Waals surface area contributed by atoms with Crippen molar-refractivity contribution in [1.82, 2.24) is 5.32 Å². The Bertz CT molecular complexity index is 515. The largest absolute Gasteiger partial charge is 0.459 e. The van der Waals surface area contributed by atoms with E-state index in [9.17, 15) is 0 Å². The molecule has 0 aliphatic heterocycles. The maximum atomic E-state index is 6.03. The van der Waals surface area contributed by atoms with Crippen molar-refractivity contribution in [2.24, 2.45) is 0 Å². The molecule has 2 nitrogen and oxygen atoms in total. The molecule has 2 heteroatoms. The van der Waals surface area contributed by atoms with Gasteiger partial charge in [-0.3, -0.25) is 0 Å². The molecule has 0 aliphatic carbocycles. The fraction of sp³-hybridized carbons (Fsp3) is 0.500. The van der Waals surface area contributed by atoms with Crippen molar-refractivity contribution >= 4 is 11.0 Å². The zero-order chi connectivity index (χ0) is 13.1. The molecule has 1 N–H and O–H groups in total. The molecule has 0 saturated heterocycles. The van der Waals surface area contributed by atoms with Crippen LogP contribution in [0.5, 0.6) is 0 Å². The third kappa shape index (κ3) is 2.44. The van der Waals surface area contributed by atoms with Gasteiger partial charge in [-0.15, -0.1) is 0 Å². The number of para-hydroxylation sites is 1. The average Bonchev–Trinajstić information content (AvgIpc) is 2.77. The highest BCUT2D eigenvalue weighted by atomic mass is 16.3. The summed E-state index contributed by atoms with van der Waals surface area (Å²) in [6.07, 6.45) is 2.14. The first-order valence-electron chi connectivity index (χ1n) is 6.93. The lowest BCUT2D eigenvalue weighted by atomic mass is 10.0. The number of rotatable bonds is 5. The van der Waals surface area contributed by atoms with Crippen LogP contribution in [0.2, 0.25) is 0 Å². The lowest BCUT2D eigenvalue weighted by molar-refractivity contribution is 0.403. The summed E-state index contributed by atoms with van der Waals surface area (Å²) in [5.41, 5.74) is 2.34. The predicted octanol–water partition coefficient (Wildman–Crippen LogP) is 4.44. The van der Waals surface area contributed by atoms with Crippen LogP contribution in [0.4, 0.5) is 0 Å². The Morgan fingerprint density at radius 2 is 1.89 bits per heavy atom. The minimum atomic E-state index is 0.266. The first-order chi connectivity index (χ1) is 8.67. The van der Waals surface area contributed by atoms with Gasteiger partial charge in [0.1, 0.15) is 11.3 Å². The molecular weight excluding hydrogens is 222 g/mol. The van der Waals surface area contributed by atoms with Crippen molar-refractivity contribution in [2.75, 3.05) is 0 Å². The highest BCUT2D eigenvalue weighted by Gasteiger charge is 2.18. The topological polar surface area (TPSA) is 25.2 Å². The molecule has 1 heterocycles. The van der Waals surface area contributed by atoms with Crippen molar-refractivity contribution in [3.05, 3.63) is 35.6 Å². The van der Waals surface area contributed by atoms with Gasteiger partial charge >= 0.3 is 0 Å². The van der Waals surface area contributed by atoms with Crippen LogP contribution in [-0.4, -0.2) is 6.04 Å². The molecule has 0 fully saturated rings. The summed E-state index contributed by atoms with van der Waals surface area (Å²) in [5.74, 6) is 1.10. The van der Waals surface area contributed by atoms with Gasteiger partial charge in [0.2, 0.25) is 0 Å². The van der Waals surface area contributed by atoms with Crippen molar-refractivity contribution in [1.29, 1.82) is 0 Å². The van der Waals surface area contributed by atoms with E-state index in [1.165, 1.54) is 10.9 Å². The Morgan fingerprint density at radius 1 is 1.17 bits per heavy atom. The van der Waals surface area contributed by atoms with Gasteiger partial charge in [-0.05, 0) is 32.8 Å². The number of nitrogens with one attached hydrogen (secondary N) is 1. The van der Waals surface area contributed by atoms with E-state index in [0.717, 1.165) is 24.2 Å². The van der Waals surface area contributed by atoms with Crippen LogP contribution in [0.3, 0.4) is 0 Å². The average molecular weight is 245 g/mol. The summed E-state index contributed by atoms with van der Waals surface area (Å²) in [4.78, 5) is 0. The fourth-order valence-electron chi connectivity index (χ4n) is 2.45. The third-order valence-corrected chi connectivity index (χ3v) is 3.62. The van der Waals surface area contributed by atoms with Gasteiger partial charge in [0, 0.05) is 17.0 Å². The second-order valence-corrected chi connectivity index (χ2v) is 4.99. The van der Waals surface area contributed by atoms with Crippen LogP contribution >= 0.6 is 0 Å². The van der Waals surface area contributed by atoms with E-state index in [2.05, 4.69) is 45.1 Å². The minimum absolute atomic E-state index is 0.266.